The van der Waals surface area contributed by atoms with Gasteiger partial charge in [-0.1, -0.05) is 54.6 Å². The predicted octanol–water partition coefficient (Wildman–Crippen LogP) is 2.92. The highest BCUT2D eigenvalue weighted by molar-refractivity contribution is 5.35. The molecule has 3 rings (SSSR count). The van der Waals surface area contributed by atoms with Crippen LogP contribution >= 0.6 is 0 Å². The largest absolute Gasteiger partial charge is 0.392 e. The van der Waals surface area contributed by atoms with E-state index in [-0.39, 0.29) is 18.8 Å². The predicted molar refractivity (Wildman–Crippen MR) is 103 cm³/mol. The molecule has 1 aliphatic heterocycles. The van der Waals surface area contributed by atoms with Gasteiger partial charge in [0.2, 0.25) is 0 Å². The minimum absolute atomic E-state index is 0.195. The summed E-state index contributed by atoms with van der Waals surface area (Å²) in [7, 11) is 0. The quantitative estimate of drug-likeness (QED) is 0.802. The highest BCUT2D eigenvalue weighted by Crippen LogP contribution is 2.28. The lowest BCUT2D eigenvalue weighted by atomic mass is 9.97. The third kappa shape index (κ3) is 5.15. The van der Waals surface area contributed by atoms with E-state index in [2.05, 4.69) is 36.1 Å². The first-order valence-electron chi connectivity index (χ1n) is 9.44. The van der Waals surface area contributed by atoms with Crippen LogP contribution in [0.15, 0.2) is 54.6 Å². The number of aliphatic hydroxyl groups is 2. The van der Waals surface area contributed by atoms with Crippen LogP contribution in [-0.2, 0) is 4.74 Å². The summed E-state index contributed by atoms with van der Waals surface area (Å²) in [6.45, 7) is 4.44. The van der Waals surface area contributed by atoms with E-state index in [4.69, 9.17) is 4.74 Å². The molecule has 2 N–H and O–H groups in total. The Balaban J connectivity index is 1.65. The van der Waals surface area contributed by atoms with Gasteiger partial charge in [-0.15, -0.1) is 0 Å². The van der Waals surface area contributed by atoms with Crippen LogP contribution in [0, 0.1) is 6.92 Å². The molecule has 0 unspecified atom stereocenters. The topological polar surface area (TPSA) is 52.9 Å². The number of ether oxygens (including phenoxy) is 1. The lowest BCUT2D eigenvalue weighted by molar-refractivity contribution is -0.0206. The number of aryl methyl sites for hydroxylation is 1. The van der Waals surface area contributed by atoms with Crippen LogP contribution in [-0.4, -0.2) is 53.6 Å². The van der Waals surface area contributed by atoms with Crippen molar-refractivity contribution < 1.29 is 14.9 Å². The molecule has 2 aromatic carbocycles. The van der Waals surface area contributed by atoms with Crippen molar-refractivity contribution in [1.29, 1.82) is 0 Å². The minimum Gasteiger partial charge on any atom is -0.392 e. The molecule has 1 saturated heterocycles. The van der Waals surface area contributed by atoms with Crippen LogP contribution in [0.1, 0.15) is 35.6 Å². The smallest absolute Gasteiger partial charge is 0.108 e. The molecule has 1 aliphatic rings. The zero-order valence-electron chi connectivity index (χ0n) is 15.4. The number of hydrogen-bond donors (Lipinski definition) is 2. The van der Waals surface area contributed by atoms with Gasteiger partial charge in [-0.3, -0.25) is 4.90 Å². The summed E-state index contributed by atoms with van der Waals surface area (Å²) in [6, 6.07) is 18.3. The number of aliphatic hydroxyl groups excluding tert-OH is 2. The number of rotatable bonds is 7. The van der Waals surface area contributed by atoms with Crippen molar-refractivity contribution in [3.05, 3.63) is 71.3 Å². The first kappa shape index (κ1) is 19.1. The fourth-order valence-corrected chi connectivity index (χ4v) is 3.63. The SMILES string of the molecule is Cc1ccccc1[C@H](OC[C@H](O)CN1CCC[C@H](O)C1)c1ccccc1. The fraction of sp³-hybridized carbons (Fsp3) is 0.455. The molecule has 0 saturated carbocycles. The Bertz CT molecular complexity index is 676. The summed E-state index contributed by atoms with van der Waals surface area (Å²) < 4.78 is 6.19. The van der Waals surface area contributed by atoms with Crippen molar-refractivity contribution in [2.24, 2.45) is 0 Å². The second-order valence-electron chi connectivity index (χ2n) is 7.19. The van der Waals surface area contributed by atoms with Gasteiger partial charge in [-0.05, 0) is 43.0 Å². The Morgan fingerprint density at radius 1 is 1.12 bits per heavy atom. The van der Waals surface area contributed by atoms with Crippen LogP contribution in [0.3, 0.4) is 0 Å². The van der Waals surface area contributed by atoms with Gasteiger partial charge >= 0.3 is 0 Å². The van der Waals surface area contributed by atoms with Gasteiger partial charge in [-0.2, -0.15) is 0 Å². The van der Waals surface area contributed by atoms with Crippen LogP contribution in [0.25, 0.3) is 0 Å². The van der Waals surface area contributed by atoms with Gasteiger partial charge in [0.1, 0.15) is 6.10 Å². The number of likely N-dealkylation sites (tertiary alicyclic amines) is 1. The van der Waals surface area contributed by atoms with E-state index in [1.807, 2.05) is 30.3 Å². The van der Waals surface area contributed by atoms with Gasteiger partial charge in [0.25, 0.3) is 0 Å². The standard InChI is InChI=1S/C22H29NO3/c1-17-8-5-6-12-21(17)22(18-9-3-2-4-10-18)26-16-20(25)15-23-13-7-11-19(24)14-23/h2-6,8-10,12,19-20,22,24-25H,7,11,13-16H2,1H3/t19-,20+,22+/m0/s1. The second-order valence-corrected chi connectivity index (χ2v) is 7.19. The van der Waals surface area contributed by atoms with Crippen LogP contribution < -0.4 is 0 Å². The average molecular weight is 355 g/mol. The van der Waals surface area contributed by atoms with Gasteiger partial charge in [0, 0.05) is 13.1 Å². The molecule has 0 bridgehead atoms. The van der Waals surface area contributed by atoms with Crippen LogP contribution in [0.5, 0.6) is 0 Å². The number of benzene rings is 2. The lowest BCUT2D eigenvalue weighted by Crippen LogP contribution is -2.43. The van der Waals surface area contributed by atoms with Crippen LogP contribution in [0.2, 0.25) is 0 Å². The Labute approximate surface area is 156 Å². The van der Waals surface area contributed by atoms with Gasteiger partial charge in [0.05, 0.1) is 18.8 Å². The molecule has 1 fully saturated rings. The fourth-order valence-electron chi connectivity index (χ4n) is 3.63. The maximum absolute atomic E-state index is 10.5. The summed E-state index contributed by atoms with van der Waals surface area (Å²) in [5, 5.41) is 20.2. The van der Waals surface area contributed by atoms with Crippen molar-refractivity contribution >= 4 is 0 Å². The van der Waals surface area contributed by atoms with E-state index >= 15 is 0 Å². The summed E-state index contributed by atoms with van der Waals surface area (Å²) in [4.78, 5) is 2.12. The number of hydrogen-bond acceptors (Lipinski definition) is 4. The zero-order chi connectivity index (χ0) is 18.4. The van der Waals surface area contributed by atoms with Crippen molar-refractivity contribution in [1.82, 2.24) is 4.90 Å². The molecule has 0 radical (unpaired) electrons. The molecular weight excluding hydrogens is 326 g/mol. The third-order valence-corrected chi connectivity index (χ3v) is 4.98. The molecule has 0 spiro atoms. The van der Waals surface area contributed by atoms with Gasteiger partial charge in [0.15, 0.2) is 0 Å². The summed E-state index contributed by atoms with van der Waals surface area (Å²) in [5.41, 5.74) is 3.39. The summed E-state index contributed by atoms with van der Waals surface area (Å²) in [5.74, 6) is 0. The van der Waals surface area contributed by atoms with Crippen molar-refractivity contribution in [3.63, 3.8) is 0 Å². The first-order chi connectivity index (χ1) is 12.6. The molecular formula is C22H29NO3. The maximum Gasteiger partial charge on any atom is 0.108 e. The minimum atomic E-state index is -0.574. The average Bonchev–Trinajstić information content (AvgIpc) is 2.64. The highest BCUT2D eigenvalue weighted by Gasteiger charge is 2.22. The molecule has 140 valence electrons. The maximum atomic E-state index is 10.5. The zero-order valence-corrected chi connectivity index (χ0v) is 15.4. The van der Waals surface area contributed by atoms with Crippen molar-refractivity contribution in [2.45, 2.75) is 38.1 Å². The molecule has 4 nitrogen and oxygen atoms in total. The molecule has 26 heavy (non-hydrogen) atoms. The van der Waals surface area contributed by atoms with E-state index in [0.29, 0.717) is 13.1 Å². The number of piperidine rings is 1. The summed E-state index contributed by atoms with van der Waals surface area (Å²) >= 11 is 0. The lowest BCUT2D eigenvalue weighted by Gasteiger charge is -2.32. The van der Waals surface area contributed by atoms with E-state index in [1.165, 1.54) is 5.56 Å². The van der Waals surface area contributed by atoms with E-state index in [1.54, 1.807) is 0 Å². The Hall–Kier alpha value is -1.72. The molecule has 0 aliphatic carbocycles. The van der Waals surface area contributed by atoms with E-state index < -0.39 is 6.10 Å². The Kier molecular flexibility index (Phi) is 6.80. The summed E-state index contributed by atoms with van der Waals surface area (Å²) in [6.07, 6.45) is 0.785. The van der Waals surface area contributed by atoms with Crippen LogP contribution in [0.4, 0.5) is 0 Å². The third-order valence-electron chi connectivity index (χ3n) is 4.98. The second kappa shape index (κ2) is 9.28. The number of β-amino-alcohol motifs (C(OH)–C–C–N with tert-alkyl or cyclic N) is 2. The van der Waals surface area contributed by atoms with Gasteiger partial charge < -0.3 is 14.9 Å². The molecule has 0 aromatic heterocycles. The molecule has 0 amide bonds. The van der Waals surface area contributed by atoms with E-state index in [9.17, 15) is 10.2 Å². The molecule has 4 heteroatoms. The highest BCUT2D eigenvalue weighted by atomic mass is 16.5. The molecule has 3 atom stereocenters. The van der Waals surface area contributed by atoms with Crippen molar-refractivity contribution in [2.75, 3.05) is 26.2 Å². The van der Waals surface area contributed by atoms with Gasteiger partial charge in [-0.25, -0.2) is 0 Å². The Morgan fingerprint density at radius 2 is 1.85 bits per heavy atom. The molecule has 1 heterocycles. The normalized spacial score (nSPS) is 20.7. The molecule has 2 aromatic rings. The first-order valence-corrected chi connectivity index (χ1v) is 9.44. The van der Waals surface area contributed by atoms with E-state index in [0.717, 1.165) is 30.5 Å². The monoisotopic (exact) mass is 355 g/mol. The Morgan fingerprint density at radius 3 is 2.58 bits per heavy atom. The van der Waals surface area contributed by atoms with Crippen molar-refractivity contribution in [3.8, 4) is 0 Å². The number of nitrogens with zero attached hydrogens (tertiary/aromatic N) is 1.